The van der Waals surface area contributed by atoms with E-state index in [0.717, 1.165) is 47.6 Å². The summed E-state index contributed by atoms with van der Waals surface area (Å²) in [5.41, 5.74) is 2.05. The van der Waals surface area contributed by atoms with E-state index in [-0.39, 0.29) is 12.4 Å². The molecule has 1 aliphatic rings. The van der Waals surface area contributed by atoms with Crippen molar-refractivity contribution >= 4 is 40.6 Å². The highest BCUT2D eigenvalue weighted by atomic mass is 35.5. The summed E-state index contributed by atoms with van der Waals surface area (Å²) in [6, 6.07) is 16.5. The van der Waals surface area contributed by atoms with E-state index < -0.39 is 11.7 Å². The number of morpholine rings is 1. The second-order valence-corrected chi connectivity index (χ2v) is 7.66. The number of benzene rings is 2. The number of nitrogens with one attached hydrogen (secondary N) is 1. The predicted octanol–water partition coefficient (Wildman–Crippen LogP) is 5.71. The van der Waals surface area contributed by atoms with Crippen LogP contribution >= 0.6 is 12.4 Å². The number of ether oxygens (including phenoxy) is 1. The van der Waals surface area contributed by atoms with Crippen molar-refractivity contribution in [3.8, 4) is 11.3 Å². The number of halogens is 4. The minimum absolute atomic E-state index is 0. The van der Waals surface area contributed by atoms with Crippen LogP contribution in [0.3, 0.4) is 0 Å². The third kappa shape index (κ3) is 5.21. The van der Waals surface area contributed by atoms with Crippen LogP contribution in [-0.2, 0) is 10.9 Å². The number of rotatable bonds is 4. The first kappa shape index (κ1) is 23.7. The normalized spacial score (nSPS) is 14.0. The van der Waals surface area contributed by atoms with Crippen molar-refractivity contribution in [2.24, 2.45) is 0 Å². The highest BCUT2D eigenvalue weighted by Gasteiger charge is 2.30. The Morgan fingerprint density at radius 2 is 1.62 bits per heavy atom. The van der Waals surface area contributed by atoms with Crippen LogP contribution in [0.25, 0.3) is 22.2 Å². The maximum Gasteiger partial charge on any atom is 0.416 e. The molecule has 0 unspecified atom stereocenters. The van der Waals surface area contributed by atoms with Crippen molar-refractivity contribution in [1.29, 1.82) is 0 Å². The molecule has 3 heterocycles. The highest BCUT2D eigenvalue weighted by Crippen LogP contribution is 2.31. The average molecular weight is 488 g/mol. The lowest BCUT2D eigenvalue weighted by atomic mass is 10.1. The molecule has 2 aromatic carbocycles. The van der Waals surface area contributed by atoms with E-state index >= 15 is 0 Å². The minimum atomic E-state index is -4.37. The second kappa shape index (κ2) is 9.82. The fraction of sp³-hybridized carbons (Fsp3) is 0.208. The van der Waals surface area contributed by atoms with E-state index in [9.17, 15) is 13.2 Å². The zero-order valence-corrected chi connectivity index (χ0v) is 18.7. The molecular weight excluding hydrogens is 467 g/mol. The molecule has 1 fully saturated rings. The summed E-state index contributed by atoms with van der Waals surface area (Å²) in [5, 5.41) is 4.26. The van der Waals surface area contributed by atoms with Gasteiger partial charge in [-0.3, -0.25) is 0 Å². The number of anilines is 3. The van der Waals surface area contributed by atoms with Gasteiger partial charge in [0.15, 0.2) is 0 Å². The van der Waals surface area contributed by atoms with Crippen LogP contribution in [0.1, 0.15) is 5.56 Å². The van der Waals surface area contributed by atoms with Crippen LogP contribution in [-0.4, -0.2) is 41.3 Å². The molecule has 1 saturated heterocycles. The molecule has 0 spiro atoms. The van der Waals surface area contributed by atoms with Crippen molar-refractivity contribution in [3.05, 3.63) is 72.6 Å². The van der Waals surface area contributed by atoms with Crippen LogP contribution in [0.15, 0.2) is 67.0 Å². The summed E-state index contributed by atoms with van der Waals surface area (Å²) in [7, 11) is 0. The van der Waals surface area contributed by atoms with Crippen molar-refractivity contribution in [2.45, 2.75) is 6.18 Å². The quantitative estimate of drug-likeness (QED) is 0.397. The highest BCUT2D eigenvalue weighted by molar-refractivity contribution is 5.85. The lowest BCUT2D eigenvalue weighted by Crippen LogP contribution is -2.36. The lowest BCUT2D eigenvalue weighted by Gasteiger charge is -2.27. The van der Waals surface area contributed by atoms with Crippen LogP contribution in [0.2, 0.25) is 0 Å². The first-order chi connectivity index (χ1) is 16.0. The Morgan fingerprint density at radius 3 is 2.35 bits per heavy atom. The average Bonchev–Trinajstić information content (AvgIpc) is 2.84. The van der Waals surface area contributed by atoms with Gasteiger partial charge in [0.2, 0.25) is 0 Å². The monoisotopic (exact) mass is 487 g/mol. The van der Waals surface area contributed by atoms with Gasteiger partial charge in [0, 0.05) is 35.8 Å². The van der Waals surface area contributed by atoms with E-state index in [1.54, 1.807) is 6.07 Å². The van der Waals surface area contributed by atoms with Crippen molar-refractivity contribution in [2.75, 3.05) is 36.5 Å². The molecule has 2 aromatic heterocycles. The van der Waals surface area contributed by atoms with Crippen molar-refractivity contribution in [1.82, 2.24) is 15.0 Å². The molecule has 10 heteroatoms. The number of fused-ring (bicyclic) bond motifs is 1. The smallest absolute Gasteiger partial charge is 0.378 e. The summed E-state index contributed by atoms with van der Waals surface area (Å²) in [4.78, 5) is 15.4. The van der Waals surface area contributed by atoms with Gasteiger partial charge in [-0.2, -0.15) is 13.2 Å². The van der Waals surface area contributed by atoms with Gasteiger partial charge < -0.3 is 15.0 Å². The van der Waals surface area contributed by atoms with Gasteiger partial charge in [-0.05, 0) is 36.4 Å². The fourth-order valence-corrected chi connectivity index (χ4v) is 3.71. The topological polar surface area (TPSA) is 63.2 Å². The van der Waals surface area contributed by atoms with Gasteiger partial charge in [0.25, 0.3) is 0 Å². The Labute approximate surface area is 200 Å². The molecule has 4 aromatic rings. The number of alkyl halides is 3. The molecule has 34 heavy (non-hydrogen) atoms. The molecule has 0 atom stereocenters. The van der Waals surface area contributed by atoms with Crippen LogP contribution in [0, 0.1) is 0 Å². The molecule has 1 aliphatic heterocycles. The molecule has 0 amide bonds. The first-order valence-electron chi connectivity index (χ1n) is 10.5. The first-order valence-corrected chi connectivity index (χ1v) is 10.5. The standard InChI is InChI=1S/C24H20F3N5O.ClH/c25-24(26,27)18-5-1-16(2-6-18)20-14-22(29-15-28-20)30-19-7-3-17-4-8-23(31-21(17)13-19)32-9-11-33-12-10-32;/h1-8,13-15H,9-12H2,(H,28,29,30);1H. The number of pyridine rings is 1. The minimum Gasteiger partial charge on any atom is -0.378 e. The van der Waals surface area contributed by atoms with Crippen molar-refractivity contribution in [3.63, 3.8) is 0 Å². The Balaban J connectivity index is 0.00000274. The van der Waals surface area contributed by atoms with Gasteiger partial charge in [0.05, 0.1) is 30.0 Å². The van der Waals surface area contributed by atoms with Gasteiger partial charge in [0.1, 0.15) is 18.0 Å². The molecule has 0 bridgehead atoms. The zero-order chi connectivity index (χ0) is 22.8. The number of nitrogens with zero attached hydrogens (tertiary/aromatic N) is 4. The lowest BCUT2D eigenvalue weighted by molar-refractivity contribution is -0.137. The molecule has 1 N–H and O–H groups in total. The molecule has 176 valence electrons. The zero-order valence-electron chi connectivity index (χ0n) is 17.9. The van der Waals surface area contributed by atoms with Crippen molar-refractivity contribution < 1.29 is 17.9 Å². The van der Waals surface area contributed by atoms with E-state index in [1.165, 1.54) is 18.5 Å². The summed E-state index contributed by atoms with van der Waals surface area (Å²) in [5.74, 6) is 1.44. The van der Waals surface area contributed by atoms with Gasteiger partial charge in [-0.1, -0.05) is 18.2 Å². The molecule has 0 saturated carbocycles. The number of hydrogen-bond acceptors (Lipinski definition) is 6. The molecule has 0 aliphatic carbocycles. The van der Waals surface area contributed by atoms with E-state index in [1.807, 2.05) is 30.3 Å². The molecular formula is C24H21ClF3N5O. The maximum absolute atomic E-state index is 12.8. The van der Waals surface area contributed by atoms with Crippen LogP contribution in [0.4, 0.5) is 30.5 Å². The van der Waals surface area contributed by atoms with Crippen LogP contribution in [0.5, 0.6) is 0 Å². The third-order valence-electron chi connectivity index (χ3n) is 5.46. The third-order valence-corrected chi connectivity index (χ3v) is 5.46. The van der Waals surface area contributed by atoms with Crippen LogP contribution < -0.4 is 10.2 Å². The summed E-state index contributed by atoms with van der Waals surface area (Å²) in [6.45, 7) is 3.00. The molecule has 6 nitrogen and oxygen atoms in total. The van der Waals surface area contributed by atoms with E-state index in [2.05, 4.69) is 20.2 Å². The van der Waals surface area contributed by atoms with Gasteiger partial charge >= 0.3 is 6.18 Å². The number of hydrogen-bond donors (Lipinski definition) is 1. The largest absolute Gasteiger partial charge is 0.416 e. The molecule has 0 radical (unpaired) electrons. The molecule has 5 rings (SSSR count). The van der Waals surface area contributed by atoms with Gasteiger partial charge in [-0.25, -0.2) is 15.0 Å². The Bertz CT molecular complexity index is 1280. The number of aromatic nitrogens is 3. The van der Waals surface area contributed by atoms with E-state index in [0.29, 0.717) is 30.3 Å². The van der Waals surface area contributed by atoms with E-state index in [4.69, 9.17) is 9.72 Å². The summed E-state index contributed by atoms with van der Waals surface area (Å²) < 4.78 is 43.9. The fourth-order valence-electron chi connectivity index (χ4n) is 3.71. The Morgan fingerprint density at radius 1 is 0.882 bits per heavy atom. The van der Waals surface area contributed by atoms with Gasteiger partial charge in [-0.15, -0.1) is 12.4 Å². The Kier molecular flexibility index (Phi) is 6.85. The second-order valence-electron chi connectivity index (χ2n) is 7.66. The summed E-state index contributed by atoms with van der Waals surface area (Å²) in [6.07, 6.45) is -2.99. The SMILES string of the molecule is Cl.FC(F)(F)c1ccc(-c2cc(Nc3ccc4ccc(N5CCOCC5)nc4c3)ncn2)cc1. The maximum atomic E-state index is 12.8. The Hall–Kier alpha value is -3.43. The predicted molar refractivity (Wildman–Crippen MR) is 128 cm³/mol. The summed E-state index contributed by atoms with van der Waals surface area (Å²) >= 11 is 0.